The lowest BCUT2D eigenvalue weighted by molar-refractivity contribution is -0.267. The molecule has 172 valence electrons. The molecule has 1 heterocycles. The summed E-state index contributed by atoms with van der Waals surface area (Å²) in [6.45, 7) is 0.288. The Morgan fingerprint density at radius 3 is 2.48 bits per heavy atom. The van der Waals surface area contributed by atoms with Gasteiger partial charge in [0.25, 0.3) is 0 Å². The van der Waals surface area contributed by atoms with Gasteiger partial charge in [0.2, 0.25) is 0 Å². The molecule has 0 amide bonds. The molecule has 0 fully saturated rings. The molecule has 3 rings (SSSR count). The van der Waals surface area contributed by atoms with E-state index in [1.165, 1.54) is 30.0 Å². The van der Waals surface area contributed by atoms with Crippen molar-refractivity contribution in [1.29, 1.82) is 0 Å². The van der Waals surface area contributed by atoms with Crippen molar-refractivity contribution >= 4 is 47.0 Å². The van der Waals surface area contributed by atoms with E-state index < -0.39 is 5.97 Å². The van der Waals surface area contributed by atoms with Crippen molar-refractivity contribution in [3.63, 3.8) is 0 Å². The van der Waals surface area contributed by atoms with Gasteiger partial charge in [0.05, 0.1) is 28.0 Å². The molecular formula is C25H22Cl2FNO3S. The molecule has 2 aromatic carbocycles. The summed E-state index contributed by atoms with van der Waals surface area (Å²) in [6.07, 6.45) is 5.19. The van der Waals surface area contributed by atoms with E-state index in [-0.39, 0.29) is 12.4 Å². The fourth-order valence-corrected chi connectivity index (χ4v) is 4.45. The van der Waals surface area contributed by atoms with Crippen LogP contribution in [-0.4, -0.2) is 17.6 Å². The van der Waals surface area contributed by atoms with Crippen LogP contribution in [-0.2, 0) is 26.7 Å². The minimum absolute atomic E-state index is 0.245. The quantitative estimate of drug-likeness (QED) is 0.0896. The molecule has 0 unspecified atom stereocenters. The molecule has 4 nitrogen and oxygen atoms in total. The van der Waals surface area contributed by atoms with E-state index in [0.29, 0.717) is 27.9 Å². The molecule has 3 aromatic rings. The Morgan fingerprint density at radius 1 is 1.00 bits per heavy atom. The van der Waals surface area contributed by atoms with Crippen molar-refractivity contribution in [2.45, 2.75) is 29.9 Å². The van der Waals surface area contributed by atoms with Gasteiger partial charge in [-0.2, -0.15) is 4.89 Å². The summed E-state index contributed by atoms with van der Waals surface area (Å²) in [7, 11) is 0. The van der Waals surface area contributed by atoms with Gasteiger partial charge in [-0.25, -0.2) is 9.18 Å². The van der Waals surface area contributed by atoms with E-state index >= 15 is 0 Å². The summed E-state index contributed by atoms with van der Waals surface area (Å²) in [5.41, 5.74) is 2.50. The number of pyridine rings is 1. The SMILES string of the molecule is O=C(C=Cc1cccc(CSc2c(Cl)cccc2Cl)n1)OOCCCCc1ccc(F)cc1. The Balaban J connectivity index is 1.37. The van der Waals surface area contributed by atoms with Crippen molar-refractivity contribution < 1.29 is 19.0 Å². The molecule has 0 spiro atoms. The van der Waals surface area contributed by atoms with Gasteiger partial charge in [-0.3, -0.25) is 9.87 Å². The van der Waals surface area contributed by atoms with Crippen molar-refractivity contribution in [2.75, 3.05) is 6.61 Å². The first-order valence-corrected chi connectivity index (χ1v) is 12.0. The van der Waals surface area contributed by atoms with Gasteiger partial charge >= 0.3 is 5.97 Å². The van der Waals surface area contributed by atoms with Crippen LogP contribution in [0.25, 0.3) is 6.08 Å². The van der Waals surface area contributed by atoms with Crippen LogP contribution >= 0.6 is 35.0 Å². The fourth-order valence-electron chi connectivity index (χ4n) is 2.86. The van der Waals surface area contributed by atoms with E-state index in [1.807, 2.05) is 12.1 Å². The van der Waals surface area contributed by atoms with Gasteiger partial charge in [0.1, 0.15) is 5.82 Å². The van der Waals surface area contributed by atoms with Crippen LogP contribution < -0.4 is 0 Å². The molecule has 8 heteroatoms. The number of carbonyl (C=O) groups is 1. The number of hydrogen-bond acceptors (Lipinski definition) is 5. The Kier molecular flexibility index (Phi) is 10.2. The Bertz CT molecular complexity index is 1070. The minimum Gasteiger partial charge on any atom is -0.294 e. The summed E-state index contributed by atoms with van der Waals surface area (Å²) in [6, 6.07) is 17.3. The van der Waals surface area contributed by atoms with Crippen LogP contribution in [0.15, 0.2) is 71.6 Å². The first-order chi connectivity index (χ1) is 16.0. The second-order valence-electron chi connectivity index (χ2n) is 7.03. The molecule has 0 N–H and O–H groups in total. The minimum atomic E-state index is -0.613. The highest BCUT2D eigenvalue weighted by atomic mass is 35.5. The van der Waals surface area contributed by atoms with Gasteiger partial charge in [-0.15, -0.1) is 11.8 Å². The lowest BCUT2D eigenvalue weighted by Gasteiger charge is -2.06. The number of benzene rings is 2. The summed E-state index contributed by atoms with van der Waals surface area (Å²) in [4.78, 5) is 26.9. The van der Waals surface area contributed by atoms with Crippen LogP contribution in [0.1, 0.15) is 29.8 Å². The zero-order chi connectivity index (χ0) is 23.5. The monoisotopic (exact) mass is 505 g/mol. The molecular weight excluding hydrogens is 484 g/mol. The van der Waals surface area contributed by atoms with Crippen LogP contribution in [0.4, 0.5) is 4.39 Å². The number of halogens is 3. The predicted molar refractivity (Wildman–Crippen MR) is 131 cm³/mol. The molecule has 0 aliphatic heterocycles. The molecule has 0 saturated heterocycles. The summed E-state index contributed by atoms with van der Waals surface area (Å²) in [5, 5.41) is 1.20. The number of hydrogen-bond donors (Lipinski definition) is 0. The fraction of sp³-hybridized carbons (Fsp3) is 0.200. The Hall–Kier alpha value is -2.38. The largest absolute Gasteiger partial charge is 0.366 e. The number of aryl methyl sites for hydroxylation is 1. The van der Waals surface area contributed by atoms with Gasteiger partial charge in [-0.05, 0) is 67.3 Å². The average molecular weight is 506 g/mol. The average Bonchev–Trinajstić information content (AvgIpc) is 2.81. The highest BCUT2D eigenvalue weighted by Crippen LogP contribution is 2.35. The summed E-state index contributed by atoms with van der Waals surface area (Å²) >= 11 is 13.9. The van der Waals surface area contributed by atoms with Crippen molar-refractivity contribution in [3.8, 4) is 0 Å². The first kappa shape index (κ1) is 25.2. The van der Waals surface area contributed by atoms with E-state index in [0.717, 1.165) is 29.0 Å². The van der Waals surface area contributed by atoms with E-state index in [1.54, 1.807) is 42.5 Å². The maximum Gasteiger partial charge on any atom is 0.366 e. The Morgan fingerprint density at radius 2 is 1.73 bits per heavy atom. The molecule has 1 aromatic heterocycles. The predicted octanol–water partition coefficient (Wildman–Crippen LogP) is 7.33. The van der Waals surface area contributed by atoms with E-state index in [4.69, 9.17) is 33.0 Å². The van der Waals surface area contributed by atoms with Gasteiger partial charge < -0.3 is 0 Å². The third kappa shape index (κ3) is 8.82. The number of unbranched alkanes of at least 4 members (excludes halogenated alkanes) is 1. The van der Waals surface area contributed by atoms with Crippen molar-refractivity contribution in [2.24, 2.45) is 0 Å². The Labute approximate surface area is 206 Å². The lowest BCUT2D eigenvalue weighted by Crippen LogP contribution is -2.03. The van der Waals surface area contributed by atoms with E-state index in [2.05, 4.69) is 4.98 Å². The standard InChI is InChI=1S/C25H22Cl2FNO3S/c26-22-8-4-9-23(27)25(22)33-17-21-7-3-6-20(29-21)14-15-24(30)32-31-16-2-1-5-18-10-12-19(28)13-11-18/h3-4,6-15H,1-2,5,16-17H2. The number of nitrogens with zero attached hydrogens (tertiary/aromatic N) is 1. The number of aromatic nitrogens is 1. The van der Waals surface area contributed by atoms with Crippen molar-refractivity contribution in [1.82, 2.24) is 4.98 Å². The van der Waals surface area contributed by atoms with Crippen LogP contribution in [0.2, 0.25) is 10.0 Å². The van der Waals surface area contributed by atoms with Gasteiger partial charge in [0, 0.05) is 16.7 Å². The highest BCUT2D eigenvalue weighted by Gasteiger charge is 2.07. The summed E-state index contributed by atoms with van der Waals surface area (Å²) in [5.74, 6) is -0.279. The molecule has 0 aliphatic rings. The smallest absolute Gasteiger partial charge is 0.294 e. The molecule has 0 aliphatic carbocycles. The number of rotatable bonds is 11. The maximum absolute atomic E-state index is 12.9. The van der Waals surface area contributed by atoms with Gasteiger partial charge in [-0.1, -0.05) is 47.5 Å². The zero-order valence-corrected chi connectivity index (χ0v) is 20.0. The third-order valence-corrected chi connectivity index (χ3v) is 6.52. The second-order valence-corrected chi connectivity index (χ2v) is 8.83. The third-order valence-electron chi connectivity index (χ3n) is 4.50. The van der Waals surface area contributed by atoms with Crippen LogP contribution in [0.3, 0.4) is 0 Å². The van der Waals surface area contributed by atoms with Crippen LogP contribution in [0.5, 0.6) is 0 Å². The topological polar surface area (TPSA) is 48.4 Å². The maximum atomic E-state index is 12.9. The normalized spacial score (nSPS) is 11.1. The summed E-state index contributed by atoms with van der Waals surface area (Å²) < 4.78 is 12.9. The highest BCUT2D eigenvalue weighted by molar-refractivity contribution is 7.98. The molecule has 0 bridgehead atoms. The second kappa shape index (κ2) is 13.4. The van der Waals surface area contributed by atoms with Gasteiger partial charge in [0.15, 0.2) is 0 Å². The zero-order valence-electron chi connectivity index (χ0n) is 17.7. The number of carbonyl (C=O) groups excluding carboxylic acids is 1. The molecule has 33 heavy (non-hydrogen) atoms. The van der Waals surface area contributed by atoms with E-state index in [9.17, 15) is 9.18 Å². The van der Waals surface area contributed by atoms with Crippen molar-refractivity contribution in [3.05, 3.63) is 99.6 Å². The van der Waals surface area contributed by atoms with Crippen LogP contribution in [0, 0.1) is 5.82 Å². The molecule has 0 radical (unpaired) electrons. The lowest BCUT2D eigenvalue weighted by atomic mass is 10.1. The first-order valence-electron chi connectivity index (χ1n) is 10.3. The number of thioether (sulfide) groups is 1. The molecule has 0 atom stereocenters. The molecule has 0 saturated carbocycles.